The maximum atomic E-state index is 13.6. The number of pyridine rings is 1. The van der Waals surface area contributed by atoms with Gasteiger partial charge in [-0.25, -0.2) is 23.4 Å². The van der Waals surface area contributed by atoms with E-state index in [-0.39, 0.29) is 31.3 Å². The third-order valence-electron chi connectivity index (χ3n) is 5.25. The first-order valence-electron chi connectivity index (χ1n) is 10.9. The summed E-state index contributed by atoms with van der Waals surface area (Å²) in [4.78, 5) is 30.5. The Bertz CT molecular complexity index is 1170. The van der Waals surface area contributed by atoms with E-state index in [1.807, 2.05) is 24.3 Å². The number of nitrogens with one attached hydrogen (secondary N) is 3. The second-order valence-electron chi connectivity index (χ2n) is 7.67. The van der Waals surface area contributed by atoms with E-state index >= 15 is 0 Å². The lowest BCUT2D eigenvalue weighted by Crippen LogP contribution is -2.50. The zero-order valence-corrected chi connectivity index (χ0v) is 19.8. The van der Waals surface area contributed by atoms with Crippen molar-refractivity contribution in [2.75, 3.05) is 38.7 Å². The summed E-state index contributed by atoms with van der Waals surface area (Å²) in [5.41, 5.74) is 0.416. The Morgan fingerprint density at radius 1 is 1.17 bits per heavy atom. The van der Waals surface area contributed by atoms with Crippen LogP contribution in [0.4, 0.5) is 24.2 Å². The van der Waals surface area contributed by atoms with Gasteiger partial charge in [-0.05, 0) is 23.1 Å². The lowest BCUT2D eigenvalue weighted by Gasteiger charge is -2.28. The van der Waals surface area contributed by atoms with Gasteiger partial charge in [0.1, 0.15) is 24.9 Å². The molecule has 3 amide bonds. The van der Waals surface area contributed by atoms with Gasteiger partial charge in [0.05, 0.1) is 11.1 Å². The van der Waals surface area contributed by atoms with E-state index in [0.717, 1.165) is 10.8 Å². The lowest BCUT2D eigenvalue weighted by atomic mass is 10.2. The van der Waals surface area contributed by atoms with Crippen LogP contribution in [0.2, 0.25) is 5.02 Å². The molecule has 1 atom stereocenters. The molecular formula is C24H26ClF2N5O3. The van der Waals surface area contributed by atoms with E-state index in [9.17, 15) is 18.4 Å². The number of fused-ring (bicyclic) bond motifs is 1. The van der Waals surface area contributed by atoms with E-state index in [1.165, 1.54) is 24.1 Å². The molecule has 0 saturated carbocycles. The summed E-state index contributed by atoms with van der Waals surface area (Å²) in [6, 6.07) is 12.5. The first-order valence-corrected chi connectivity index (χ1v) is 11.3. The van der Waals surface area contributed by atoms with Gasteiger partial charge in [-0.1, -0.05) is 48.0 Å². The van der Waals surface area contributed by atoms with Crippen LogP contribution in [0.25, 0.3) is 10.8 Å². The molecule has 2 aromatic carbocycles. The van der Waals surface area contributed by atoms with Gasteiger partial charge < -0.3 is 20.3 Å². The summed E-state index contributed by atoms with van der Waals surface area (Å²) in [5.74, 6) is -0.265. The van der Waals surface area contributed by atoms with Crippen LogP contribution >= 0.6 is 11.6 Å². The number of ether oxygens (including phenoxy) is 1. The monoisotopic (exact) mass is 505 g/mol. The molecule has 0 aliphatic rings. The van der Waals surface area contributed by atoms with Crippen LogP contribution in [0.15, 0.2) is 54.7 Å². The van der Waals surface area contributed by atoms with Crippen molar-refractivity contribution in [3.05, 3.63) is 71.1 Å². The fourth-order valence-electron chi connectivity index (χ4n) is 3.25. The molecular weight excluding hydrogens is 480 g/mol. The number of aromatic nitrogens is 1. The Labute approximate surface area is 206 Å². The molecule has 3 rings (SSSR count). The minimum Gasteiger partial charge on any atom is -0.447 e. The fraction of sp³-hybridized carbons (Fsp3) is 0.292. The van der Waals surface area contributed by atoms with Crippen LogP contribution in [-0.4, -0.2) is 61.5 Å². The topological polar surface area (TPSA) is 95.6 Å². The van der Waals surface area contributed by atoms with Crippen LogP contribution in [0, 0.1) is 5.82 Å². The van der Waals surface area contributed by atoms with Crippen molar-refractivity contribution in [1.29, 1.82) is 0 Å². The zero-order chi connectivity index (χ0) is 25.2. The number of carbonyl (C=O) groups excluding carboxylic acids is 2. The summed E-state index contributed by atoms with van der Waals surface area (Å²) in [6.07, 6.45) is 0.890. The van der Waals surface area contributed by atoms with Gasteiger partial charge in [-0.15, -0.1) is 0 Å². The zero-order valence-electron chi connectivity index (χ0n) is 19.1. The number of hydrogen-bond donors (Lipinski definition) is 3. The Kier molecular flexibility index (Phi) is 9.56. The number of likely N-dealkylation sites (N-methyl/N-ethyl adjacent to an activating group) is 1. The van der Waals surface area contributed by atoms with E-state index in [1.54, 1.807) is 18.3 Å². The van der Waals surface area contributed by atoms with Crippen LogP contribution in [-0.2, 0) is 11.3 Å². The molecule has 8 nitrogen and oxygen atoms in total. The number of anilines is 1. The SMILES string of the molecule is CN(C(=O)NCc1cccc(F)c1Cl)[C@@H](CNCCF)COC(=O)Nc1cc2ccccc2cn1. The molecule has 0 unspecified atom stereocenters. The lowest BCUT2D eigenvalue weighted by molar-refractivity contribution is 0.116. The summed E-state index contributed by atoms with van der Waals surface area (Å²) in [6.45, 7) is -0.494. The molecule has 3 aromatic rings. The molecule has 0 bridgehead atoms. The number of urea groups is 1. The second kappa shape index (κ2) is 12.8. The van der Waals surface area contributed by atoms with Gasteiger partial charge in [0.25, 0.3) is 0 Å². The van der Waals surface area contributed by atoms with E-state index in [0.29, 0.717) is 11.4 Å². The van der Waals surface area contributed by atoms with Crippen molar-refractivity contribution in [3.63, 3.8) is 0 Å². The first-order chi connectivity index (χ1) is 16.9. The van der Waals surface area contributed by atoms with Gasteiger partial charge in [0.2, 0.25) is 0 Å². The van der Waals surface area contributed by atoms with Gasteiger partial charge in [-0.2, -0.15) is 0 Å². The highest BCUT2D eigenvalue weighted by atomic mass is 35.5. The quantitative estimate of drug-likeness (QED) is 0.356. The van der Waals surface area contributed by atoms with Gasteiger partial charge in [-0.3, -0.25) is 5.32 Å². The third kappa shape index (κ3) is 7.49. The highest BCUT2D eigenvalue weighted by molar-refractivity contribution is 6.31. The summed E-state index contributed by atoms with van der Waals surface area (Å²) in [5, 5.41) is 9.84. The Hall–Kier alpha value is -3.50. The predicted molar refractivity (Wildman–Crippen MR) is 131 cm³/mol. The minimum atomic E-state index is -0.747. The van der Waals surface area contributed by atoms with Gasteiger partial charge in [0.15, 0.2) is 0 Å². The molecule has 0 aliphatic carbocycles. The standard InChI is InChI=1S/C24H26ClF2N5O3/c1-32(23(33)30-13-18-7-4-8-20(27)22(18)25)19(14-28-10-9-26)15-35-24(34)31-21-11-16-5-2-3-6-17(16)12-29-21/h2-8,11-12,19,28H,9-10,13-15H2,1H3,(H,30,33)(H,29,31,34)/t19-/m0/s1. The Balaban J connectivity index is 1.57. The van der Waals surface area contributed by atoms with E-state index in [4.69, 9.17) is 16.3 Å². The number of carbonyl (C=O) groups is 2. The average molecular weight is 506 g/mol. The van der Waals surface area contributed by atoms with Crippen molar-refractivity contribution >= 4 is 40.3 Å². The average Bonchev–Trinajstić information content (AvgIpc) is 2.86. The maximum Gasteiger partial charge on any atom is 0.412 e. The molecule has 1 aromatic heterocycles. The number of nitrogens with zero attached hydrogens (tertiary/aromatic N) is 2. The molecule has 3 N–H and O–H groups in total. The van der Waals surface area contributed by atoms with Crippen molar-refractivity contribution < 1.29 is 23.1 Å². The van der Waals surface area contributed by atoms with Gasteiger partial charge in [0, 0.05) is 38.3 Å². The predicted octanol–water partition coefficient (Wildman–Crippen LogP) is 4.35. The van der Waals surface area contributed by atoms with Gasteiger partial charge >= 0.3 is 12.1 Å². The number of amides is 3. The fourth-order valence-corrected chi connectivity index (χ4v) is 3.45. The molecule has 0 aliphatic heterocycles. The smallest absolute Gasteiger partial charge is 0.412 e. The van der Waals surface area contributed by atoms with Crippen molar-refractivity contribution in [2.45, 2.75) is 12.6 Å². The van der Waals surface area contributed by atoms with Crippen LogP contribution in [0.5, 0.6) is 0 Å². The molecule has 35 heavy (non-hydrogen) atoms. The van der Waals surface area contributed by atoms with Crippen LogP contribution in [0.3, 0.4) is 0 Å². The third-order valence-corrected chi connectivity index (χ3v) is 5.67. The Morgan fingerprint density at radius 2 is 1.94 bits per heavy atom. The van der Waals surface area contributed by atoms with Crippen molar-refractivity contribution in [3.8, 4) is 0 Å². The molecule has 11 heteroatoms. The largest absolute Gasteiger partial charge is 0.447 e. The van der Waals surface area contributed by atoms with Crippen molar-refractivity contribution in [1.82, 2.24) is 20.5 Å². The number of benzene rings is 2. The summed E-state index contributed by atoms with van der Waals surface area (Å²) >= 11 is 5.93. The molecule has 0 radical (unpaired) electrons. The van der Waals surface area contributed by atoms with E-state index in [2.05, 4.69) is 20.9 Å². The molecule has 0 spiro atoms. The molecule has 1 heterocycles. The molecule has 186 valence electrons. The number of halogens is 3. The van der Waals surface area contributed by atoms with Crippen LogP contribution in [0.1, 0.15) is 5.56 Å². The maximum absolute atomic E-state index is 13.6. The molecule has 0 fully saturated rings. The number of alkyl halides is 1. The first kappa shape index (κ1) is 26.1. The van der Waals surface area contributed by atoms with E-state index < -0.39 is 30.7 Å². The summed E-state index contributed by atoms with van der Waals surface area (Å²) in [7, 11) is 1.51. The normalized spacial score (nSPS) is 11.7. The van der Waals surface area contributed by atoms with Crippen LogP contribution < -0.4 is 16.0 Å². The van der Waals surface area contributed by atoms with Crippen molar-refractivity contribution in [2.24, 2.45) is 0 Å². The highest BCUT2D eigenvalue weighted by Crippen LogP contribution is 2.19. The highest BCUT2D eigenvalue weighted by Gasteiger charge is 2.22. The summed E-state index contributed by atoms with van der Waals surface area (Å²) < 4.78 is 31.5. The second-order valence-corrected chi connectivity index (χ2v) is 8.05. The molecule has 0 saturated heterocycles. The minimum absolute atomic E-state index is 0.000624. The number of rotatable bonds is 10. The number of hydrogen-bond acceptors (Lipinski definition) is 5. The Morgan fingerprint density at radius 3 is 2.71 bits per heavy atom.